The largest absolute Gasteiger partial charge is 0.373 e. The van der Waals surface area contributed by atoms with Crippen LogP contribution in [0.1, 0.15) is 18.9 Å². The number of hydrogen-bond donors (Lipinski definition) is 1. The highest BCUT2D eigenvalue weighted by Gasteiger charge is 2.13. The first kappa shape index (κ1) is 12.0. The van der Waals surface area contributed by atoms with Crippen molar-refractivity contribution in [2.45, 2.75) is 19.8 Å². The van der Waals surface area contributed by atoms with Crippen LogP contribution in [0.3, 0.4) is 0 Å². The van der Waals surface area contributed by atoms with Crippen molar-refractivity contribution >= 4 is 17.6 Å². The molecule has 1 rings (SSSR count). The molecule has 0 aliphatic rings. The molecule has 0 aliphatic carbocycles. The van der Waals surface area contributed by atoms with Crippen LogP contribution in [0.15, 0.2) is 24.3 Å². The first-order chi connectivity index (χ1) is 7.13. The second-order valence-corrected chi connectivity index (χ2v) is 3.94. The zero-order chi connectivity index (χ0) is 11.3. The highest BCUT2D eigenvalue weighted by Crippen LogP contribution is 2.13. The van der Waals surface area contributed by atoms with Crippen LogP contribution < -0.4 is 5.90 Å². The quantitative estimate of drug-likeness (QED) is 0.804. The number of carbonyl (C=O) groups is 1. The standard InChI is InChI=1S/C11H14ClNO2/c1-8(11(14)15-13)2-3-9-4-6-10(12)7-5-9/h4-8H,2-3,13H2,1H3/t8-/m0/s1. The van der Waals surface area contributed by atoms with Gasteiger partial charge in [0.1, 0.15) is 0 Å². The maximum absolute atomic E-state index is 11.0. The van der Waals surface area contributed by atoms with Gasteiger partial charge in [0.15, 0.2) is 0 Å². The third-order valence-electron chi connectivity index (χ3n) is 2.30. The van der Waals surface area contributed by atoms with E-state index in [0.717, 1.165) is 18.4 Å². The minimum Gasteiger partial charge on any atom is -0.373 e. The van der Waals surface area contributed by atoms with E-state index in [1.54, 1.807) is 6.92 Å². The Morgan fingerprint density at radius 1 is 1.47 bits per heavy atom. The number of nitrogens with two attached hydrogens (primary N) is 1. The van der Waals surface area contributed by atoms with Crippen LogP contribution >= 0.6 is 11.6 Å². The van der Waals surface area contributed by atoms with E-state index in [0.29, 0.717) is 5.02 Å². The molecule has 0 amide bonds. The van der Waals surface area contributed by atoms with Crippen molar-refractivity contribution in [1.82, 2.24) is 0 Å². The molecule has 0 aromatic heterocycles. The van der Waals surface area contributed by atoms with Gasteiger partial charge >= 0.3 is 5.97 Å². The molecule has 2 N–H and O–H groups in total. The molecule has 1 aromatic rings. The molecule has 0 unspecified atom stereocenters. The second-order valence-electron chi connectivity index (χ2n) is 3.50. The Labute approximate surface area is 94.1 Å². The van der Waals surface area contributed by atoms with Crippen molar-refractivity contribution in [2.75, 3.05) is 0 Å². The minimum absolute atomic E-state index is 0.175. The first-order valence-corrected chi connectivity index (χ1v) is 5.16. The molecular weight excluding hydrogens is 214 g/mol. The molecule has 1 aromatic carbocycles. The monoisotopic (exact) mass is 227 g/mol. The predicted molar refractivity (Wildman–Crippen MR) is 59.2 cm³/mol. The van der Waals surface area contributed by atoms with Gasteiger partial charge in [-0.25, -0.2) is 0 Å². The first-order valence-electron chi connectivity index (χ1n) is 4.78. The molecule has 0 saturated heterocycles. The van der Waals surface area contributed by atoms with Gasteiger partial charge in [-0.1, -0.05) is 30.7 Å². The van der Waals surface area contributed by atoms with Crippen LogP contribution in [-0.2, 0) is 16.1 Å². The lowest BCUT2D eigenvalue weighted by Crippen LogP contribution is -2.18. The van der Waals surface area contributed by atoms with Crippen LogP contribution in [0.2, 0.25) is 5.02 Å². The molecule has 82 valence electrons. The van der Waals surface area contributed by atoms with Gasteiger partial charge in [0.05, 0.1) is 5.92 Å². The van der Waals surface area contributed by atoms with Gasteiger partial charge in [0.2, 0.25) is 0 Å². The fraction of sp³-hybridized carbons (Fsp3) is 0.364. The van der Waals surface area contributed by atoms with E-state index in [-0.39, 0.29) is 11.9 Å². The Kier molecular flexibility index (Phi) is 4.59. The van der Waals surface area contributed by atoms with Crippen LogP contribution in [0, 0.1) is 5.92 Å². The summed E-state index contributed by atoms with van der Waals surface area (Å²) >= 11 is 5.76. The molecule has 0 saturated carbocycles. The topological polar surface area (TPSA) is 52.3 Å². The summed E-state index contributed by atoms with van der Waals surface area (Å²) in [5.74, 6) is 4.25. The summed E-state index contributed by atoms with van der Waals surface area (Å²) in [5, 5.41) is 0.716. The normalized spacial score (nSPS) is 12.2. The van der Waals surface area contributed by atoms with Gasteiger partial charge in [-0.15, -0.1) is 0 Å². The predicted octanol–water partition coefficient (Wildman–Crippen LogP) is 2.33. The van der Waals surface area contributed by atoms with Gasteiger partial charge in [0.25, 0.3) is 0 Å². The lowest BCUT2D eigenvalue weighted by atomic mass is 10.0. The average Bonchev–Trinajstić information content (AvgIpc) is 2.26. The zero-order valence-electron chi connectivity index (χ0n) is 8.57. The van der Waals surface area contributed by atoms with Crippen LogP contribution in [0.4, 0.5) is 0 Å². The van der Waals surface area contributed by atoms with E-state index in [2.05, 4.69) is 4.84 Å². The number of halogens is 1. The minimum atomic E-state index is -0.371. The second kappa shape index (κ2) is 5.73. The van der Waals surface area contributed by atoms with Gasteiger partial charge in [0, 0.05) is 5.02 Å². The maximum atomic E-state index is 11.0. The lowest BCUT2D eigenvalue weighted by molar-refractivity contribution is -0.148. The number of hydrogen-bond acceptors (Lipinski definition) is 3. The van der Waals surface area contributed by atoms with Crippen LogP contribution in [0.5, 0.6) is 0 Å². The average molecular weight is 228 g/mol. The molecule has 0 aliphatic heterocycles. The number of aryl methyl sites for hydroxylation is 1. The molecule has 1 atom stereocenters. The van der Waals surface area contributed by atoms with Crippen molar-refractivity contribution in [3.8, 4) is 0 Å². The molecule has 3 nitrogen and oxygen atoms in total. The molecule has 4 heteroatoms. The maximum Gasteiger partial charge on any atom is 0.327 e. The summed E-state index contributed by atoms with van der Waals surface area (Å²) in [7, 11) is 0. The van der Waals surface area contributed by atoms with E-state index in [1.165, 1.54) is 0 Å². The van der Waals surface area contributed by atoms with Gasteiger partial charge in [-0.3, -0.25) is 4.79 Å². The van der Waals surface area contributed by atoms with E-state index in [9.17, 15) is 4.79 Å². The summed E-state index contributed by atoms with van der Waals surface area (Å²) in [4.78, 5) is 15.2. The molecule has 15 heavy (non-hydrogen) atoms. The summed E-state index contributed by atoms with van der Waals surface area (Å²) in [6.07, 6.45) is 1.53. The van der Waals surface area contributed by atoms with Gasteiger partial charge in [-0.2, -0.15) is 5.90 Å². The van der Waals surface area contributed by atoms with Crippen LogP contribution in [0.25, 0.3) is 0 Å². The van der Waals surface area contributed by atoms with Gasteiger partial charge in [-0.05, 0) is 30.5 Å². The molecule has 0 heterocycles. The summed E-state index contributed by atoms with van der Waals surface area (Å²) in [6.45, 7) is 1.80. The molecule has 0 spiro atoms. The van der Waals surface area contributed by atoms with Crippen LogP contribution in [-0.4, -0.2) is 5.97 Å². The fourth-order valence-electron chi connectivity index (χ4n) is 1.27. The Morgan fingerprint density at radius 2 is 2.07 bits per heavy atom. The molecule has 0 radical (unpaired) electrons. The van der Waals surface area contributed by atoms with Crippen molar-refractivity contribution in [2.24, 2.45) is 11.8 Å². The Bertz CT molecular complexity index is 324. The van der Waals surface area contributed by atoms with E-state index >= 15 is 0 Å². The summed E-state index contributed by atoms with van der Waals surface area (Å²) in [5.41, 5.74) is 1.15. The Hall–Kier alpha value is -1.06. The number of carbonyl (C=O) groups excluding carboxylic acids is 1. The van der Waals surface area contributed by atoms with Crippen molar-refractivity contribution in [3.63, 3.8) is 0 Å². The third-order valence-corrected chi connectivity index (χ3v) is 2.55. The lowest BCUT2D eigenvalue weighted by Gasteiger charge is -2.07. The zero-order valence-corrected chi connectivity index (χ0v) is 9.33. The van der Waals surface area contributed by atoms with E-state index in [4.69, 9.17) is 17.5 Å². The summed E-state index contributed by atoms with van der Waals surface area (Å²) in [6, 6.07) is 7.57. The van der Waals surface area contributed by atoms with E-state index in [1.807, 2.05) is 24.3 Å². The third kappa shape index (κ3) is 3.90. The highest BCUT2D eigenvalue weighted by atomic mass is 35.5. The van der Waals surface area contributed by atoms with Gasteiger partial charge < -0.3 is 4.84 Å². The SMILES string of the molecule is C[C@@H](CCc1ccc(Cl)cc1)C(=O)ON. The van der Waals surface area contributed by atoms with E-state index < -0.39 is 0 Å². The van der Waals surface area contributed by atoms with Crippen molar-refractivity contribution in [3.05, 3.63) is 34.9 Å². The Balaban J connectivity index is 2.43. The fourth-order valence-corrected chi connectivity index (χ4v) is 1.39. The number of benzene rings is 1. The molecular formula is C11H14ClNO2. The smallest absolute Gasteiger partial charge is 0.327 e. The number of rotatable bonds is 4. The summed E-state index contributed by atoms with van der Waals surface area (Å²) < 4.78 is 0. The van der Waals surface area contributed by atoms with Crippen molar-refractivity contribution < 1.29 is 9.63 Å². The molecule has 0 fully saturated rings. The van der Waals surface area contributed by atoms with Crippen molar-refractivity contribution in [1.29, 1.82) is 0 Å². The molecule has 0 bridgehead atoms. The highest BCUT2D eigenvalue weighted by molar-refractivity contribution is 6.30. The Morgan fingerprint density at radius 3 is 2.60 bits per heavy atom.